The summed E-state index contributed by atoms with van der Waals surface area (Å²) in [5.74, 6) is 1.14. The van der Waals surface area contributed by atoms with Gasteiger partial charge in [0.1, 0.15) is 0 Å². The highest BCUT2D eigenvalue weighted by Gasteiger charge is 2.23. The Hall–Kier alpha value is -2.86. The summed E-state index contributed by atoms with van der Waals surface area (Å²) in [5.41, 5.74) is 4.98. The highest BCUT2D eigenvalue weighted by Crippen LogP contribution is 2.34. The quantitative estimate of drug-likeness (QED) is 0.549. The minimum absolute atomic E-state index is 0.0121. The molecule has 0 spiro atoms. The monoisotopic (exact) mass is 446 g/mol. The van der Waals surface area contributed by atoms with Crippen LogP contribution in [0.2, 0.25) is 0 Å². The first-order chi connectivity index (χ1) is 16.2. The Morgan fingerprint density at radius 3 is 2.58 bits per heavy atom. The molecule has 6 nitrogen and oxygen atoms in total. The maximum Gasteiger partial charge on any atom is 0.289 e. The molecule has 3 aromatic rings. The molecule has 1 amide bonds. The number of benzene rings is 1. The lowest BCUT2D eigenvalue weighted by Gasteiger charge is -2.22. The molecule has 2 aromatic heterocycles. The van der Waals surface area contributed by atoms with Gasteiger partial charge in [-0.05, 0) is 42.9 Å². The normalized spacial score (nSPS) is 18.4. The fourth-order valence-electron chi connectivity index (χ4n) is 5.37. The van der Waals surface area contributed by atoms with Crippen LogP contribution in [-0.4, -0.2) is 51.7 Å². The van der Waals surface area contributed by atoms with Crippen LogP contribution >= 0.6 is 0 Å². The molecule has 0 bridgehead atoms. The van der Waals surface area contributed by atoms with Crippen molar-refractivity contribution in [1.82, 2.24) is 19.6 Å². The van der Waals surface area contributed by atoms with Crippen LogP contribution in [0.4, 0.5) is 0 Å². The number of hydrogen-bond acceptors (Lipinski definition) is 4. The van der Waals surface area contributed by atoms with Gasteiger partial charge in [0.15, 0.2) is 5.76 Å². The van der Waals surface area contributed by atoms with Crippen LogP contribution in [0.5, 0.6) is 0 Å². The first-order valence-electron chi connectivity index (χ1n) is 12.4. The number of rotatable bonds is 5. The summed E-state index contributed by atoms with van der Waals surface area (Å²) < 4.78 is 7.23. The molecular weight excluding hydrogens is 412 g/mol. The van der Waals surface area contributed by atoms with Crippen molar-refractivity contribution in [3.63, 3.8) is 0 Å². The maximum absolute atomic E-state index is 12.7. The number of hydrogen-bond donors (Lipinski definition) is 0. The van der Waals surface area contributed by atoms with Gasteiger partial charge in [-0.25, -0.2) is 0 Å². The Bertz CT molecular complexity index is 1050. The predicted octanol–water partition coefficient (Wildman–Crippen LogP) is 5.08. The molecule has 174 valence electrons. The van der Waals surface area contributed by atoms with Crippen molar-refractivity contribution in [3.05, 3.63) is 65.7 Å². The molecule has 6 heteroatoms. The maximum atomic E-state index is 12.7. The van der Waals surface area contributed by atoms with E-state index in [9.17, 15) is 4.79 Å². The van der Waals surface area contributed by atoms with E-state index < -0.39 is 0 Å². The molecule has 33 heavy (non-hydrogen) atoms. The second-order valence-corrected chi connectivity index (χ2v) is 9.53. The number of aromatic nitrogens is 2. The molecule has 0 atom stereocenters. The van der Waals surface area contributed by atoms with E-state index in [2.05, 4.69) is 35.4 Å². The second-order valence-electron chi connectivity index (χ2n) is 9.53. The first kappa shape index (κ1) is 22.0. The molecule has 0 unspecified atom stereocenters. The predicted molar refractivity (Wildman–Crippen MR) is 129 cm³/mol. The van der Waals surface area contributed by atoms with E-state index in [1.807, 2.05) is 16.6 Å². The Morgan fingerprint density at radius 2 is 1.82 bits per heavy atom. The number of carbonyl (C=O) groups is 1. The lowest BCUT2D eigenvalue weighted by Crippen LogP contribution is -2.34. The standard InChI is InChI=1S/C27H34N4O2/c1-29-19-24(20-30-14-6-15-31(17-16-30)27(32)25-9-5-18-33-25)26(28-29)23-12-10-22(11-13-23)21-7-3-2-4-8-21/h5,9-13,18-19,21H,2-4,6-8,14-17,20H2,1H3. The van der Waals surface area contributed by atoms with Crippen LogP contribution in [-0.2, 0) is 13.6 Å². The van der Waals surface area contributed by atoms with Gasteiger partial charge < -0.3 is 9.32 Å². The van der Waals surface area contributed by atoms with E-state index in [0.717, 1.165) is 44.2 Å². The number of aryl methyl sites for hydroxylation is 1. The van der Waals surface area contributed by atoms with E-state index >= 15 is 0 Å². The topological polar surface area (TPSA) is 54.5 Å². The molecule has 5 rings (SSSR count). The molecule has 1 aliphatic carbocycles. The highest BCUT2D eigenvalue weighted by molar-refractivity contribution is 5.91. The molecule has 1 aliphatic heterocycles. The third kappa shape index (κ3) is 5.06. The zero-order chi connectivity index (χ0) is 22.6. The van der Waals surface area contributed by atoms with Gasteiger partial charge in [0, 0.05) is 57.1 Å². The second kappa shape index (κ2) is 9.96. The van der Waals surface area contributed by atoms with Crippen LogP contribution in [0.25, 0.3) is 11.3 Å². The highest BCUT2D eigenvalue weighted by atomic mass is 16.3. The van der Waals surface area contributed by atoms with Crippen LogP contribution < -0.4 is 0 Å². The third-order valence-electron chi connectivity index (χ3n) is 7.17. The summed E-state index contributed by atoms with van der Waals surface area (Å²) in [6, 6.07) is 12.6. The fourth-order valence-corrected chi connectivity index (χ4v) is 5.37. The molecule has 1 saturated heterocycles. The van der Waals surface area contributed by atoms with Gasteiger partial charge in [0.2, 0.25) is 0 Å². The van der Waals surface area contributed by atoms with Gasteiger partial charge in [-0.15, -0.1) is 0 Å². The van der Waals surface area contributed by atoms with Crippen LogP contribution in [0.1, 0.15) is 66.1 Å². The van der Waals surface area contributed by atoms with E-state index in [4.69, 9.17) is 9.52 Å². The smallest absolute Gasteiger partial charge is 0.289 e. The molecule has 0 N–H and O–H groups in total. The van der Waals surface area contributed by atoms with Gasteiger partial charge in [-0.3, -0.25) is 14.4 Å². The summed E-state index contributed by atoms with van der Waals surface area (Å²) in [6.45, 7) is 4.14. The molecule has 2 fully saturated rings. The number of furan rings is 1. The average Bonchev–Trinajstić information content (AvgIpc) is 3.45. The lowest BCUT2D eigenvalue weighted by atomic mass is 9.84. The average molecular weight is 447 g/mol. The summed E-state index contributed by atoms with van der Waals surface area (Å²) >= 11 is 0. The lowest BCUT2D eigenvalue weighted by molar-refractivity contribution is 0.0729. The van der Waals surface area contributed by atoms with Crippen LogP contribution in [0, 0.1) is 0 Å². The minimum atomic E-state index is -0.0121. The van der Waals surface area contributed by atoms with Crippen molar-refractivity contribution in [1.29, 1.82) is 0 Å². The van der Waals surface area contributed by atoms with E-state index in [1.165, 1.54) is 48.8 Å². The zero-order valence-electron chi connectivity index (χ0n) is 19.6. The minimum Gasteiger partial charge on any atom is -0.459 e. The van der Waals surface area contributed by atoms with Crippen molar-refractivity contribution in [2.75, 3.05) is 26.2 Å². The molecule has 3 heterocycles. The van der Waals surface area contributed by atoms with Gasteiger partial charge in [0.05, 0.1) is 12.0 Å². The molecular formula is C27H34N4O2. The summed E-state index contributed by atoms with van der Waals surface area (Å²) in [6.07, 6.45) is 11.4. The summed E-state index contributed by atoms with van der Waals surface area (Å²) in [7, 11) is 2.00. The first-order valence-corrected chi connectivity index (χ1v) is 12.4. The van der Waals surface area contributed by atoms with Gasteiger partial charge in [-0.2, -0.15) is 5.10 Å². The van der Waals surface area contributed by atoms with E-state index in [1.54, 1.807) is 18.4 Å². The van der Waals surface area contributed by atoms with Crippen molar-refractivity contribution < 1.29 is 9.21 Å². The van der Waals surface area contributed by atoms with Crippen LogP contribution in [0.3, 0.4) is 0 Å². The third-order valence-corrected chi connectivity index (χ3v) is 7.17. The number of amides is 1. The largest absolute Gasteiger partial charge is 0.459 e. The van der Waals surface area contributed by atoms with Gasteiger partial charge in [-0.1, -0.05) is 43.5 Å². The molecule has 0 radical (unpaired) electrons. The Kier molecular flexibility index (Phi) is 6.63. The van der Waals surface area contributed by atoms with Crippen molar-refractivity contribution in [2.24, 2.45) is 7.05 Å². The van der Waals surface area contributed by atoms with Gasteiger partial charge >= 0.3 is 0 Å². The van der Waals surface area contributed by atoms with Crippen molar-refractivity contribution in [2.45, 2.75) is 51.0 Å². The Morgan fingerprint density at radius 1 is 1.00 bits per heavy atom. The van der Waals surface area contributed by atoms with E-state index in [-0.39, 0.29) is 5.91 Å². The Balaban J connectivity index is 1.26. The van der Waals surface area contributed by atoms with Crippen molar-refractivity contribution in [3.8, 4) is 11.3 Å². The molecule has 2 aliphatic rings. The Labute approximate surface area is 196 Å². The molecule has 1 saturated carbocycles. The summed E-state index contributed by atoms with van der Waals surface area (Å²) in [5, 5.41) is 4.80. The zero-order valence-corrected chi connectivity index (χ0v) is 19.6. The van der Waals surface area contributed by atoms with E-state index in [0.29, 0.717) is 12.3 Å². The summed E-state index contributed by atoms with van der Waals surface area (Å²) in [4.78, 5) is 17.0. The SMILES string of the molecule is Cn1cc(CN2CCCN(C(=O)c3ccco3)CC2)c(-c2ccc(C3CCCCC3)cc2)n1. The number of nitrogens with zero attached hydrogens (tertiary/aromatic N) is 4. The van der Waals surface area contributed by atoms with Crippen molar-refractivity contribution >= 4 is 5.91 Å². The molecule has 1 aromatic carbocycles. The fraction of sp³-hybridized carbons (Fsp3) is 0.481. The van der Waals surface area contributed by atoms with Crippen LogP contribution in [0.15, 0.2) is 53.3 Å². The van der Waals surface area contributed by atoms with Gasteiger partial charge in [0.25, 0.3) is 5.91 Å². The number of carbonyl (C=O) groups excluding carboxylic acids is 1.